The van der Waals surface area contributed by atoms with Crippen molar-refractivity contribution >= 4 is 0 Å². The van der Waals surface area contributed by atoms with Crippen LogP contribution < -0.4 is 0 Å². The van der Waals surface area contributed by atoms with Gasteiger partial charge in [0.2, 0.25) is 0 Å². The molecule has 5 heterocycles. The van der Waals surface area contributed by atoms with E-state index in [1.165, 1.54) is 11.1 Å². The van der Waals surface area contributed by atoms with E-state index in [-0.39, 0.29) is 0 Å². The molecule has 166 valence electrons. The smallest absolute Gasteiger partial charge is 0.159 e. The third-order valence-electron chi connectivity index (χ3n) is 6.11. The molecule has 0 radical (unpaired) electrons. The van der Waals surface area contributed by atoms with E-state index >= 15 is 0 Å². The fourth-order valence-electron chi connectivity index (χ4n) is 4.38. The van der Waals surface area contributed by atoms with Crippen LogP contribution in [0.15, 0.2) is 91.8 Å². The van der Waals surface area contributed by atoms with Crippen molar-refractivity contribution < 1.29 is 0 Å². The maximum absolute atomic E-state index is 4.94. The second-order valence-electron chi connectivity index (χ2n) is 8.38. The molecule has 1 aliphatic heterocycles. The van der Waals surface area contributed by atoms with E-state index in [1.807, 2.05) is 65.7 Å². The number of fused-ring (bicyclic) bond motifs is 1. The van der Waals surface area contributed by atoms with Gasteiger partial charge in [-0.05, 0) is 36.4 Å². The Bertz CT molecular complexity index is 1400. The Morgan fingerprint density at radius 2 is 1.56 bits per heavy atom. The summed E-state index contributed by atoms with van der Waals surface area (Å²) < 4.78 is 1.97. The van der Waals surface area contributed by atoms with Gasteiger partial charge in [-0.3, -0.25) is 14.9 Å². The van der Waals surface area contributed by atoms with Crippen molar-refractivity contribution in [3.05, 3.63) is 109 Å². The van der Waals surface area contributed by atoms with Crippen molar-refractivity contribution in [2.75, 3.05) is 6.54 Å². The minimum atomic E-state index is 0.763. The van der Waals surface area contributed by atoms with E-state index in [0.29, 0.717) is 0 Å². The van der Waals surface area contributed by atoms with Gasteiger partial charge in [-0.15, -0.1) is 0 Å². The molecule has 4 aromatic heterocycles. The molecule has 0 spiro atoms. The van der Waals surface area contributed by atoms with E-state index in [2.05, 4.69) is 38.2 Å². The number of pyridine rings is 2. The molecule has 0 aliphatic carbocycles. The highest BCUT2D eigenvalue weighted by atomic mass is 15.3. The number of para-hydroxylation sites is 1. The van der Waals surface area contributed by atoms with Gasteiger partial charge in [-0.2, -0.15) is 5.10 Å². The van der Waals surface area contributed by atoms with Crippen molar-refractivity contribution in [1.82, 2.24) is 34.6 Å². The van der Waals surface area contributed by atoms with Crippen LogP contribution in [-0.2, 0) is 19.5 Å². The highest BCUT2D eigenvalue weighted by Gasteiger charge is 2.21. The van der Waals surface area contributed by atoms with Crippen LogP contribution in [0, 0.1) is 0 Å². The average Bonchev–Trinajstić information content (AvgIpc) is 3.33. The summed E-state index contributed by atoms with van der Waals surface area (Å²) in [5.74, 6) is 0.763. The zero-order chi connectivity index (χ0) is 22.7. The predicted octanol–water partition coefficient (Wildman–Crippen LogP) is 4.34. The monoisotopic (exact) mass is 445 g/mol. The van der Waals surface area contributed by atoms with Gasteiger partial charge in [0.25, 0.3) is 0 Å². The largest absolute Gasteiger partial charge is 0.294 e. The van der Waals surface area contributed by atoms with E-state index in [0.717, 1.165) is 60.1 Å². The molecule has 5 aromatic rings. The summed E-state index contributed by atoms with van der Waals surface area (Å²) in [6.45, 7) is 2.56. The molecule has 0 fully saturated rings. The van der Waals surface area contributed by atoms with Crippen molar-refractivity contribution in [2.45, 2.75) is 19.5 Å². The first-order chi connectivity index (χ1) is 16.8. The summed E-state index contributed by atoms with van der Waals surface area (Å²) in [4.78, 5) is 20.2. The first-order valence-electron chi connectivity index (χ1n) is 11.4. The highest BCUT2D eigenvalue weighted by Crippen LogP contribution is 2.27. The third-order valence-corrected chi connectivity index (χ3v) is 6.11. The predicted molar refractivity (Wildman–Crippen MR) is 130 cm³/mol. The molecule has 7 heteroatoms. The maximum atomic E-state index is 4.94. The Balaban J connectivity index is 1.28. The molecule has 34 heavy (non-hydrogen) atoms. The van der Waals surface area contributed by atoms with E-state index in [4.69, 9.17) is 10.1 Å². The molecule has 0 bridgehead atoms. The standard InChI is InChI=1S/C27H23N7/c1-2-4-24(5-3-1)34-19-23(26(32-34)20-6-11-28-12-7-20)18-33-15-10-25-22(17-33)16-30-27(31-25)21-8-13-29-14-9-21/h1-9,11-14,16,19H,10,15,17-18H2. The van der Waals surface area contributed by atoms with Gasteiger partial charge in [-0.25, -0.2) is 14.6 Å². The fourth-order valence-corrected chi connectivity index (χ4v) is 4.38. The van der Waals surface area contributed by atoms with Crippen LogP contribution in [0.3, 0.4) is 0 Å². The summed E-state index contributed by atoms with van der Waals surface area (Å²) >= 11 is 0. The van der Waals surface area contributed by atoms with Crippen molar-refractivity contribution in [1.29, 1.82) is 0 Å². The average molecular weight is 446 g/mol. The van der Waals surface area contributed by atoms with E-state index in [1.54, 1.807) is 12.4 Å². The Kier molecular flexibility index (Phi) is 5.37. The zero-order valence-electron chi connectivity index (χ0n) is 18.6. The molecule has 7 nitrogen and oxygen atoms in total. The van der Waals surface area contributed by atoms with Gasteiger partial charge in [-0.1, -0.05) is 18.2 Å². The lowest BCUT2D eigenvalue weighted by atomic mass is 10.0. The molecule has 0 amide bonds. The van der Waals surface area contributed by atoms with Crippen LogP contribution in [0.2, 0.25) is 0 Å². The van der Waals surface area contributed by atoms with Crippen LogP contribution in [0.4, 0.5) is 0 Å². The van der Waals surface area contributed by atoms with Gasteiger partial charge >= 0.3 is 0 Å². The Labute approximate surface area is 197 Å². The van der Waals surface area contributed by atoms with Gasteiger partial charge < -0.3 is 0 Å². The second-order valence-corrected chi connectivity index (χ2v) is 8.38. The molecule has 0 atom stereocenters. The topological polar surface area (TPSA) is 72.6 Å². The van der Waals surface area contributed by atoms with Crippen LogP contribution >= 0.6 is 0 Å². The van der Waals surface area contributed by atoms with Crippen LogP contribution in [0.25, 0.3) is 28.3 Å². The molecule has 1 aromatic carbocycles. The van der Waals surface area contributed by atoms with Gasteiger partial charge in [0.1, 0.15) is 0 Å². The van der Waals surface area contributed by atoms with Gasteiger partial charge in [0, 0.05) is 85.5 Å². The summed E-state index contributed by atoms with van der Waals surface area (Å²) in [5.41, 5.74) is 7.61. The Morgan fingerprint density at radius 1 is 0.824 bits per heavy atom. The summed E-state index contributed by atoms with van der Waals surface area (Å²) in [6.07, 6.45) is 12.2. The van der Waals surface area contributed by atoms with Crippen molar-refractivity contribution in [2.24, 2.45) is 0 Å². The molecule has 0 N–H and O–H groups in total. The van der Waals surface area contributed by atoms with Crippen LogP contribution in [0.1, 0.15) is 16.8 Å². The summed E-state index contributed by atoms with van der Waals surface area (Å²) in [5, 5.41) is 4.94. The fraction of sp³-hybridized carbons (Fsp3) is 0.148. The molecule has 0 saturated carbocycles. The number of hydrogen-bond acceptors (Lipinski definition) is 6. The lowest BCUT2D eigenvalue weighted by Gasteiger charge is -2.28. The summed E-state index contributed by atoms with van der Waals surface area (Å²) in [6, 6.07) is 18.1. The Morgan fingerprint density at radius 3 is 2.32 bits per heavy atom. The van der Waals surface area contributed by atoms with Crippen LogP contribution in [-0.4, -0.2) is 41.2 Å². The third kappa shape index (κ3) is 4.09. The lowest BCUT2D eigenvalue weighted by Crippen LogP contribution is -2.31. The Hall–Kier alpha value is -4.23. The second kappa shape index (κ2) is 8.96. The molecular weight excluding hydrogens is 422 g/mol. The zero-order valence-corrected chi connectivity index (χ0v) is 18.6. The minimum absolute atomic E-state index is 0.763. The molecule has 0 saturated heterocycles. The first kappa shape index (κ1) is 20.4. The molecular formula is C27H23N7. The maximum Gasteiger partial charge on any atom is 0.159 e. The first-order valence-corrected chi connectivity index (χ1v) is 11.4. The lowest BCUT2D eigenvalue weighted by molar-refractivity contribution is 0.243. The molecule has 1 aliphatic rings. The number of nitrogens with zero attached hydrogens (tertiary/aromatic N) is 7. The minimum Gasteiger partial charge on any atom is -0.294 e. The quantitative estimate of drug-likeness (QED) is 0.401. The number of hydrogen-bond donors (Lipinski definition) is 0. The van der Waals surface area contributed by atoms with E-state index < -0.39 is 0 Å². The van der Waals surface area contributed by atoms with Crippen molar-refractivity contribution in [3.8, 4) is 28.3 Å². The number of rotatable bonds is 5. The van der Waals surface area contributed by atoms with E-state index in [9.17, 15) is 0 Å². The van der Waals surface area contributed by atoms with Gasteiger partial charge in [0.15, 0.2) is 5.82 Å². The van der Waals surface area contributed by atoms with Crippen molar-refractivity contribution in [3.63, 3.8) is 0 Å². The highest BCUT2D eigenvalue weighted by molar-refractivity contribution is 5.62. The number of benzene rings is 1. The molecule has 0 unspecified atom stereocenters. The normalized spacial score (nSPS) is 13.5. The SMILES string of the molecule is c1ccc(-n2cc(CN3CCc4nc(-c5ccncc5)ncc4C3)c(-c3ccncc3)n2)cc1. The van der Waals surface area contributed by atoms with Gasteiger partial charge in [0.05, 0.1) is 17.1 Å². The van der Waals surface area contributed by atoms with Crippen LogP contribution in [0.5, 0.6) is 0 Å². The number of aromatic nitrogens is 6. The summed E-state index contributed by atoms with van der Waals surface area (Å²) in [7, 11) is 0. The molecule has 6 rings (SSSR count).